The lowest BCUT2D eigenvalue weighted by Gasteiger charge is -2.34. The molecule has 268 valence electrons. The molecular formula is C55H37NO. The first-order chi connectivity index (χ1) is 28.3. The van der Waals surface area contributed by atoms with Crippen molar-refractivity contribution >= 4 is 39.0 Å². The van der Waals surface area contributed by atoms with Gasteiger partial charge in [-0.2, -0.15) is 0 Å². The van der Waals surface area contributed by atoms with Gasteiger partial charge in [0.2, 0.25) is 0 Å². The Morgan fingerprint density at radius 3 is 1.63 bits per heavy atom. The van der Waals surface area contributed by atoms with Crippen molar-refractivity contribution < 1.29 is 4.42 Å². The standard InChI is InChI=1S/C55H37NO/c1-4-15-38(16-5-1)39-27-31-45(32-28-39)56(44-21-8-3-9-22-44)46-33-29-40(30-34-46)41-17-14-20-43(37-41)55(42-18-6-2-7-19-42)50-25-12-10-24-49(50)53-51(55)36-35-48-47-23-11-13-26-52(47)57-54(48)53/h1-37H. The van der Waals surface area contributed by atoms with E-state index in [1.165, 1.54) is 50.1 Å². The third kappa shape index (κ3) is 5.26. The molecule has 0 saturated heterocycles. The number of anilines is 3. The summed E-state index contributed by atoms with van der Waals surface area (Å²) in [5.41, 5.74) is 16.7. The molecule has 0 bridgehead atoms. The first kappa shape index (κ1) is 33.0. The second kappa shape index (κ2) is 13.4. The Morgan fingerprint density at radius 2 is 0.895 bits per heavy atom. The Morgan fingerprint density at radius 1 is 0.351 bits per heavy atom. The van der Waals surface area contributed by atoms with E-state index in [0.717, 1.165) is 44.6 Å². The smallest absolute Gasteiger partial charge is 0.143 e. The number of hydrogen-bond donors (Lipinski definition) is 0. The van der Waals surface area contributed by atoms with Crippen LogP contribution in [0.5, 0.6) is 0 Å². The molecule has 11 rings (SSSR count). The van der Waals surface area contributed by atoms with Gasteiger partial charge in [0.1, 0.15) is 11.2 Å². The Hall–Kier alpha value is -7.42. The minimum absolute atomic E-state index is 0.549. The zero-order chi connectivity index (χ0) is 37.8. The lowest BCUT2D eigenvalue weighted by molar-refractivity contribution is 0.669. The van der Waals surface area contributed by atoms with E-state index in [-0.39, 0.29) is 0 Å². The largest absolute Gasteiger partial charge is 0.455 e. The average molecular weight is 728 g/mol. The molecule has 57 heavy (non-hydrogen) atoms. The van der Waals surface area contributed by atoms with Crippen LogP contribution in [-0.2, 0) is 5.41 Å². The van der Waals surface area contributed by atoms with Crippen molar-refractivity contribution in [1.29, 1.82) is 0 Å². The highest BCUT2D eigenvalue weighted by Crippen LogP contribution is 2.58. The van der Waals surface area contributed by atoms with Crippen LogP contribution in [0.15, 0.2) is 229 Å². The van der Waals surface area contributed by atoms with Crippen molar-refractivity contribution in [1.82, 2.24) is 0 Å². The normalized spacial score (nSPS) is 14.4. The van der Waals surface area contributed by atoms with E-state index < -0.39 is 5.41 Å². The zero-order valence-electron chi connectivity index (χ0n) is 31.2. The van der Waals surface area contributed by atoms with Crippen molar-refractivity contribution in [3.8, 4) is 33.4 Å². The average Bonchev–Trinajstić information content (AvgIpc) is 3.82. The molecule has 0 saturated carbocycles. The molecule has 0 fully saturated rings. The Labute approximate surface area is 332 Å². The summed E-state index contributed by atoms with van der Waals surface area (Å²) in [5, 5.41) is 2.29. The zero-order valence-corrected chi connectivity index (χ0v) is 31.2. The van der Waals surface area contributed by atoms with Crippen molar-refractivity contribution in [2.45, 2.75) is 5.41 Å². The van der Waals surface area contributed by atoms with Crippen LogP contribution < -0.4 is 4.90 Å². The molecule has 1 atom stereocenters. The number of nitrogens with zero attached hydrogens (tertiary/aromatic N) is 1. The molecule has 1 heterocycles. The highest BCUT2D eigenvalue weighted by atomic mass is 16.3. The van der Waals surface area contributed by atoms with Crippen LogP contribution >= 0.6 is 0 Å². The second-order valence-electron chi connectivity index (χ2n) is 14.8. The summed E-state index contributed by atoms with van der Waals surface area (Å²) in [6.07, 6.45) is 0. The molecule has 10 aromatic rings. The number of furan rings is 1. The van der Waals surface area contributed by atoms with Crippen molar-refractivity contribution in [2.75, 3.05) is 4.90 Å². The van der Waals surface area contributed by atoms with Gasteiger partial charge in [0.05, 0.1) is 5.41 Å². The topological polar surface area (TPSA) is 16.4 Å². The minimum Gasteiger partial charge on any atom is -0.455 e. The summed E-state index contributed by atoms with van der Waals surface area (Å²) < 4.78 is 6.73. The van der Waals surface area contributed by atoms with Crippen LogP contribution in [0.4, 0.5) is 17.1 Å². The predicted molar refractivity (Wildman–Crippen MR) is 237 cm³/mol. The number of para-hydroxylation sites is 2. The molecule has 9 aromatic carbocycles. The molecule has 1 aliphatic carbocycles. The summed E-state index contributed by atoms with van der Waals surface area (Å²) in [4.78, 5) is 2.32. The Kier molecular flexibility index (Phi) is 7.75. The highest BCUT2D eigenvalue weighted by Gasteiger charge is 2.47. The highest BCUT2D eigenvalue weighted by molar-refractivity contribution is 6.12. The van der Waals surface area contributed by atoms with Gasteiger partial charge in [-0.1, -0.05) is 176 Å². The molecule has 0 aliphatic heterocycles. The molecule has 1 aromatic heterocycles. The second-order valence-corrected chi connectivity index (χ2v) is 14.8. The van der Waals surface area contributed by atoms with Gasteiger partial charge in [-0.05, 0) is 98.6 Å². The quantitative estimate of drug-likeness (QED) is 0.163. The van der Waals surface area contributed by atoms with Gasteiger partial charge in [-0.15, -0.1) is 0 Å². The lowest BCUT2D eigenvalue weighted by Crippen LogP contribution is -2.28. The van der Waals surface area contributed by atoms with E-state index in [1.807, 2.05) is 6.07 Å². The molecular weight excluding hydrogens is 691 g/mol. The van der Waals surface area contributed by atoms with Crippen LogP contribution in [-0.4, -0.2) is 0 Å². The van der Waals surface area contributed by atoms with Crippen LogP contribution in [0, 0.1) is 0 Å². The molecule has 1 aliphatic rings. The molecule has 0 amide bonds. The van der Waals surface area contributed by atoms with Gasteiger partial charge >= 0.3 is 0 Å². The van der Waals surface area contributed by atoms with E-state index in [1.54, 1.807) is 0 Å². The molecule has 2 nitrogen and oxygen atoms in total. The maximum Gasteiger partial charge on any atom is 0.143 e. The van der Waals surface area contributed by atoms with E-state index in [2.05, 4.69) is 223 Å². The van der Waals surface area contributed by atoms with Crippen molar-refractivity contribution in [3.05, 3.63) is 247 Å². The maximum atomic E-state index is 6.73. The molecule has 1 unspecified atom stereocenters. The summed E-state index contributed by atoms with van der Waals surface area (Å²) in [6.45, 7) is 0. The van der Waals surface area contributed by atoms with E-state index in [0.29, 0.717) is 0 Å². The minimum atomic E-state index is -0.549. The first-order valence-corrected chi connectivity index (χ1v) is 19.6. The molecule has 2 heteroatoms. The third-order valence-electron chi connectivity index (χ3n) is 11.8. The van der Waals surface area contributed by atoms with Crippen LogP contribution in [0.1, 0.15) is 22.3 Å². The monoisotopic (exact) mass is 727 g/mol. The van der Waals surface area contributed by atoms with Gasteiger partial charge in [0.15, 0.2) is 0 Å². The van der Waals surface area contributed by atoms with Crippen LogP contribution in [0.3, 0.4) is 0 Å². The summed E-state index contributed by atoms with van der Waals surface area (Å²) >= 11 is 0. The molecule has 0 N–H and O–H groups in total. The van der Waals surface area contributed by atoms with E-state index in [9.17, 15) is 0 Å². The van der Waals surface area contributed by atoms with E-state index in [4.69, 9.17) is 4.42 Å². The molecule has 0 radical (unpaired) electrons. The number of fused-ring (bicyclic) bond motifs is 7. The summed E-state index contributed by atoms with van der Waals surface area (Å²) in [5.74, 6) is 0. The fourth-order valence-corrected chi connectivity index (χ4v) is 9.21. The fourth-order valence-electron chi connectivity index (χ4n) is 9.21. The Bertz CT molecular complexity index is 3040. The predicted octanol–water partition coefficient (Wildman–Crippen LogP) is 14.8. The lowest BCUT2D eigenvalue weighted by atomic mass is 9.67. The maximum absolute atomic E-state index is 6.73. The first-order valence-electron chi connectivity index (χ1n) is 19.6. The van der Waals surface area contributed by atoms with Gasteiger partial charge < -0.3 is 9.32 Å². The van der Waals surface area contributed by atoms with Gasteiger partial charge in [0.25, 0.3) is 0 Å². The van der Waals surface area contributed by atoms with Crippen LogP contribution in [0.25, 0.3) is 55.3 Å². The van der Waals surface area contributed by atoms with Crippen LogP contribution in [0.2, 0.25) is 0 Å². The third-order valence-corrected chi connectivity index (χ3v) is 11.8. The number of rotatable bonds is 7. The van der Waals surface area contributed by atoms with Crippen molar-refractivity contribution in [3.63, 3.8) is 0 Å². The van der Waals surface area contributed by atoms with Gasteiger partial charge in [-0.25, -0.2) is 0 Å². The van der Waals surface area contributed by atoms with E-state index >= 15 is 0 Å². The van der Waals surface area contributed by atoms with Crippen molar-refractivity contribution in [2.24, 2.45) is 0 Å². The molecule has 0 spiro atoms. The number of hydrogen-bond acceptors (Lipinski definition) is 2. The Balaban J connectivity index is 1.04. The van der Waals surface area contributed by atoms with Gasteiger partial charge in [-0.3, -0.25) is 0 Å². The summed E-state index contributed by atoms with van der Waals surface area (Å²) in [6, 6.07) is 81.0. The summed E-state index contributed by atoms with van der Waals surface area (Å²) in [7, 11) is 0. The fraction of sp³-hybridized carbons (Fsp3) is 0.0182. The SMILES string of the molecule is c1ccc(-c2ccc(N(c3ccccc3)c3ccc(-c4cccc(C5(c6ccccc6)c6ccccc6-c6c5ccc5c6oc6ccccc65)c4)cc3)cc2)cc1. The van der Waals surface area contributed by atoms with Gasteiger partial charge in [0, 0.05) is 33.4 Å². The number of benzene rings is 9.